The molecular weight excluding hydrogens is 276 g/mol. The van der Waals surface area contributed by atoms with E-state index in [1.165, 1.54) is 11.3 Å². The third kappa shape index (κ3) is 3.61. The number of amides is 1. The van der Waals surface area contributed by atoms with Gasteiger partial charge in [0.15, 0.2) is 0 Å². The molecule has 102 valence electrons. The molecule has 1 aliphatic rings. The van der Waals surface area contributed by atoms with Gasteiger partial charge in [0.2, 0.25) is 5.13 Å². The smallest absolute Gasteiger partial charge is 0.255 e. The third-order valence-electron chi connectivity index (χ3n) is 2.66. The van der Waals surface area contributed by atoms with Crippen LogP contribution in [0.5, 0.6) is 0 Å². The number of hydrogen-bond acceptors (Lipinski definition) is 6. The molecule has 1 saturated heterocycles. The van der Waals surface area contributed by atoms with E-state index in [9.17, 15) is 4.79 Å². The molecule has 8 heteroatoms. The number of rotatable bonds is 4. The van der Waals surface area contributed by atoms with E-state index in [1.807, 2.05) is 6.92 Å². The number of aryl methyl sites for hydroxylation is 1. The number of halogens is 1. The highest BCUT2D eigenvalue weighted by Crippen LogP contribution is 2.21. The molecule has 3 N–H and O–H groups in total. The Balaban J connectivity index is 0.00000162. The molecule has 0 aromatic carbocycles. The normalized spacial score (nSPS) is 22.6. The van der Waals surface area contributed by atoms with Crippen molar-refractivity contribution in [3.63, 3.8) is 0 Å². The molecule has 1 aromatic rings. The van der Waals surface area contributed by atoms with Crippen molar-refractivity contribution in [2.75, 3.05) is 11.9 Å². The fraction of sp³-hybridized carbons (Fsp3) is 0.700. The molecule has 1 aromatic heterocycles. The Morgan fingerprint density at radius 1 is 1.56 bits per heavy atom. The molecule has 6 nitrogen and oxygen atoms in total. The van der Waals surface area contributed by atoms with Crippen LogP contribution in [0.2, 0.25) is 0 Å². The lowest BCUT2D eigenvalue weighted by Gasteiger charge is -2.10. The first-order chi connectivity index (χ1) is 8.22. The molecule has 0 unspecified atom stereocenters. The molecule has 2 heterocycles. The Morgan fingerprint density at radius 2 is 2.33 bits per heavy atom. The first-order valence-electron chi connectivity index (χ1n) is 5.71. The van der Waals surface area contributed by atoms with Crippen LogP contribution in [0.4, 0.5) is 5.13 Å². The summed E-state index contributed by atoms with van der Waals surface area (Å²) >= 11 is 1.39. The molecule has 1 aliphatic heterocycles. The highest BCUT2D eigenvalue weighted by atomic mass is 35.5. The van der Waals surface area contributed by atoms with Crippen molar-refractivity contribution in [1.29, 1.82) is 0 Å². The van der Waals surface area contributed by atoms with Gasteiger partial charge in [-0.1, -0.05) is 18.3 Å². The second kappa shape index (κ2) is 6.98. The second-order valence-electron chi connectivity index (χ2n) is 3.90. The van der Waals surface area contributed by atoms with Gasteiger partial charge in [-0.25, -0.2) is 0 Å². The van der Waals surface area contributed by atoms with Gasteiger partial charge in [0.25, 0.3) is 5.91 Å². The van der Waals surface area contributed by atoms with E-state index < -0.39 is 6.10 Å². The molecule has 0 bridgehead atoms. The SMILES string of the molecule is CCc1nnc(NC(=O)[C@@H]2CC[C@H](CN)O2)s1.Cl. The number of nitrogens with zero attached hydrogens (tertiary/aromatic N) is 2. The first-order valence-corrected chi connectivity index (χ1v) is 6.53. The van der Waals surface area contributed by atoms with Crippen molar-refractivity contribution in [2.45, 2.75) is 38.4 Å². The van der Waals surface area contributed by atoms with Gasteiger partial charge >= 0.3 is 0 Å². The van der Waals surface area contributed by atoms with Crippen molar-refractivity contribution in [2.24, 2.45) is 5.73 Å². The van der Waals surface area contributed by atoms with Crippen molar-refractivity contribution in [3.05, 3.63) is 5.01 Å². The van der Waals surface area contributed by atoms with E-state index in [4.69, 9.17) is 10.5 Å². The van der Waals surface area contributed by atoms with E-state index in [2.05, 4.69) is 15.5 Å². The summed E-state index contributed by atoms with van der Waals surface area (Å²) in [5, 5.41) is 12.0. The van der Waals surface area contributed by atoms with Crippen LogP contribution < -0.4 is 11.1 Å². The molecule has 0 radical (unpaired) electrons. The topological polar surface area (TPSA) is 90.1 Å². The monoisotopic (exact) mass is 292 g/mol. The standard InChI is InChI=1S/C10H16N4O2S.ClH/c1-2-8-13-14-10(17-8)12-9(15)7-4-3-6(5-11)16-7;/h6-7H,2-5,11H2,1H3,(H,12,14,15);1H/t6-,7+;/m1./s1. The molecule has 1 fully saturated rings. The summed E-state index contributed by atoms with van der Waals surface area (Å²) in [7, 11) is 0. The number of hydrogen-bond donors (Lipinski definition) is 2. The van der Waals surface area contributed by atoms with Crippen molar-refractivity contribution in [1.82, 2.24) is 10.2 Å². The van der Waals surface area contributed by atoms with Gasteiger partial charge in [0, 0.05) is 6.54 Å². The number of carbonyl (C=O) groups is 1. The number of carbonyl (C=O) groups excluding carboxylic acids is 1. The van der Waals surface area contributed by atoms with Crippen molar-refractivity contribution < 1.29 is 9.53 Å². The first kappa shape index (κ1) is 15.3. The predicted molar refractivity (Wildman–Crippen MR) is 72.1 cm³/mol. The minimum atomic E-state index is -0.405. The summed E-state index contributed by atoms with van der Waals surface area (Å²) in [6.07, 6.45) is 1.98. The summed E-state index contributed by atoms with van der Waals surface area (Å²) in [4.78, 5) is 11.8. The summed E-state index contributed by atoms with van der Waals surface area (Å²) in [5.74, 6) is -0.153. The fourth-order valence-electron chi connectivity index (χ4n) is 1.70. The van der Waals surface area contributed by atoms with Gasteiger partial charge in [-0.05, 0) is 19.3 Å². The Kier molecular flexibility index (Phi) is 5.94. The maximum atomic E-state index is 11.8. The van der Waals surface area contributed by atoms with Gasteiger partial charge in [-0.3, -0.25) is 10.1 Å². The number of nitrogens with two attached hydrogens (primary N) is 1. The van der Waals surface area contributed by atoms with Crippen LogP contribution >= 0.6 is 23.7 Å². The van der Waals surface area contributed by atoms with Crippen LogP contribution in [0.15, 0.2) is 0 Å². The lowest BCUT2D eigenvalue weighted by molar-refractivity contribution is -0.126. The minimum Gasteiger partial charge on any atom is -0.364 e. The molecule has 0 saturated carbocycles. The Bertz CT molecular complexity index is 401. The second-order valence-corrected chi connectivity index (χ2v) is 4.97. The van der Waals surface area contributed by atoms with Crippen LogP contribution in [0.25, 0.3) is 0 Å². The van der Waals surface area contributed by atoms with E-state index in [1.54, 1.807) is 0 Å². The van der Waals surface area contributed by atoms with Crippen LogP contribution in [0, 0.1) is 0 Å². The predicted octanol–water partition coefficient (Wildman–Crippen LogP) is 0.967. The van der Waals surface area contributed by atoms with Crippen LogP contribution in [-0.4, -0.2) is 34.9 Å². The van der Waals surface area contributed by atoms with Gasteiger partial charge in [-0.15, -0.1) is 22.6 Å². The zero-order valence-corrected chi connectivity index (χ0v) is 11.7. The van der Waals surface area contributed by atoms with E-state index in [0.717, 1.165) is 17.8 Å². The van der Waals surface area contributed by atoms with Gasteiger partial charge < -0.3 is 10.5 Å². The fourth-order valence-corrected chi connectivity index (χ4v) is 2.39. The molecular formula is C10H17ClN4O2S. The number of aromatic nitrogens is 2. The summed E-state index contributed by atoms with van der Waals surface area (Å²) in [6, 6.07) is 0. The third-order valence-corrected chi connectivity index (χ3v) is 3.65. The van der Waals surface area contributed by atoms with Crippen molar-refractivity contribution >= 4 is 34.8 Å². The average molecular weight is 293 g/mol. The lowest BCUT2D eigenvalue weighted by Crippen LogP contribution is -2.29. The Hall–Kier alpha value is -0.760. The number of anilines is 1. The lowest BCUT2D eigenvalue weighted by atomic mass is 10.2. The maximum absolute atomic E-state index is 11.8. The Morgan fingerprint density at radius 3 is 2.89 bits per heavy atom. The van der Waals surface area contributed by atoms with Crippen LogP contribution in [0.1, 0.15) is 24.8 Å². The maximum Gasteiger partial charge on any atom is 0.255 e. The van der Waals surface area contributed by atoms with Gasteiger partial charge in [-0.2, -0.15) is 0 Å². The van der Waals surface area contributed by atoms with Crippen LogP contribution in [0.3, 0.4) is 0 Å². The summed E-state index contributed by atoms with van der Waals surface area (Å²) in [6.45, 7) is 2.46. The number of ether oxygens (including phenoxy) is 1. The minimum absolute atomic E-state index is 0. The molecule has 1 amide bonds. The molecule has 2 atom stereocenters. The van der Waals surface area contributed by atoms with Gasteiger partial charge in [0.05, 0.1) is 6.10 Å². The highest BCUT2D eigenvalue weighted by molar-refractivity contribution is 7.15. The van der Waals surface area contributed by atoms with E-state index in [0.29, 0.717) is 18.1 Å². The molecule has 18 heavy (non-hydrogen) atoms. The van der Waals surface area contributed by atoms with E-state index in [-0.39, 0.29) is 24.4 Å². The van der Waals surface area contributed by atoms with Gasteiger partial charge in [0.1, 0.15) is 11.1 Å². The number of nitrogens with one attached hydrogen (secondary N) is 1. The molecule has 0 aliphatic carbocycles. The summed E-state index contributed by atoms with van der Waals surface area (Å²) in [5.41, 5.74) is 5.49. The highest BCUT2D eigenvalue weighted by Gasteiger charge is 2.30. The van der Waals surface area contributed by atoms with E-state index >= 15 is 0 Å². The summed E-state index contributed by atoms with van der Waals surface area (Å²) < 4.78 is 5.50. The largest absolute Gasteiger partial charge is 0.364 e. The Labute approximate surface area is 116 Å². The zero-order chi connectivity index (χ0) is 12.3. The zero-order valence-electron chi connectivity index (χ0n) is 10.1. The van der Waals surface area contributed by atoms with Crippen molar-refractivity contribution in [3.8, 4) is 0 Å². The molecule has 2 rings (SSSR count). The molecule has 0 spiro atoms. The average Bonchev–Trinajstić information content (AvgIpc) is 2.96. The quantitative estimate of drug-likeness (QED) is 0.863. The van der Waals surface area contributed by atoms with Crippen LogP contribution in [-0.2, 0) is 16.0 Å².